The topological polar surface area (TPSA) is 49.3 Å². The summed E-state index contributed by atoms with van der Waals surface area (Å²) in [5, 5.41) is 9.42. The fraction of sp³-hybridized carbons (Fsp3) is 0.450. The van der Waals surface area contributed by atoms with Crippen molar-refractivity contribution in [2.45, 2.75) is 27.2 Å². The van der Waals surface area contributed by atoms with Gasteiger partial charge in [-0.2, -0.15) is 0 Å². The van der Waals surface area contributed by atoms with Crippen LogP contribution in [0.1, 0.15) is 27.2 Å². The second kappa shape index (κ2) is 7.62. The van der Waals surface area contributed by atoms with Crippen LogP contribution in [0.5, 0.6) is 0 Å². The highest BCUT2D eigenvalue weighted by Gasteiger charge is 2.25. The Morgan fingerprint density at radius 1 is 1.00 bits per heavy atom. The third-order valence-electron chi connectivity index (χ3n) is 4.43. The largest absolute Gasteiger partial charge is 0.352 e. The molecule has 1 amide bonds. The van der Waals surface area contributed by atoms with Crippen molar-refractivity contribution in [1.82, 2.24) is 15.1 Å². The van der Waals surface area contributed by atoms with Gasteiger partial charge in [-0.15, -0.1) is 10.2 Å². The minimum Gasteiger partial charge on any atom is -0.352 e. The number of aromatic nitrogens is 2. The number of benzene rings is 1. The first-order valence-corrected chi connectivity index (χ1v) is 9.32. The lowest BCUT2D eigenvalue weighted by Gasteiger charge is -2.36. The molecule has 0 bridgehead atoms. The predicted octanol–water partition coefficient (Wildman–Crippen LogP) is 3.88. The number of halogens is 1. The van der Waals surface area contributed by atoms with Crippen molar-refractivity contribution >= 4 is 23.3 Å². The third-order valence-corrected chi connectivity index (χ3v) is 4.68. The first-order valence-electron chi connectivity index (χ1n) is 8.94. The van der Waals surface area contributed by atoms with Gasteiger partial charge in [-0.05, 0) is 29.7 Å². The number of rotatable bonds is 3. The highest BCUT2D eigenvalue weighted by atomic mass is 35.5. The zero-order chi connectivity index (χ0) is 18.7. The standard InChI is InChI=1S/C20H25ClN4O/c1-20(2,3)14-19(26)25-12-10-24(11-13-25)18-9-8-17(22-23-18)15-4-6-16(21)7-5-15/h4-9H,10-14H2,1-3H3. The molecular weight excluding hydrogens is 348 g/mol. The van der Waals surface area contributed by atoms with E-state index in [0.717, 1.165) is 43.3 Å². The quantitative estimate of drug-likeness (QED) is 0.820. The van der Waals surface area contributed by atoms with Gasteiger partial charge in [0.15, 0.2) is 5.82 Å². The highest BCUT2D eigenvalue weighted by Crippen LogP contribution is 2.23. The predicted molar refractivity (Wildman–Crippen MR) is 105 cm³/mol. The Bertz CT molecular complexity index is 745. The number of nitrogens with zero attached hydrogens (tertiary/aromatic N) is 4. The lowest BCUT2D eigenvalue weighted by molar-refractivity contribution is -0.133. The van der Waals surface area contributed by atoms with Gasteiger partial charge in [0.2, 0.25) is 5.91 Å². The van der Waals surface area contributed by atoms with Gasteiger partial charge in [0.1, 0.15) is 0 Å². The number of hydrogen-bond donors (Lipinski definition) is 0. The summed E-state index contributed by atoms with van der Waals surface area (Å²) in [6, 6.07) is 11.5. The van der Waals surface area contributed by atoms with Crippen molar-refractivity contribution in [2.24, 2.45) is 5.41 Å². The van der Waals surface area contributed by atoms with Crippen molar-refractivity contribution in [3.8, 4) is 11.3 Å². The van der Waals surface area contributed by atoms with Gasteiger partial charge >= 0.3 is 0 Å². The first-order chi connectivity index (χ1) is 12.3. The SMILES string of the molecule is CC(C)(C)CC(=O)N1CCN(c2ccc(-c3ccc(Cl)cc3)nn2)CC1. The van der Waals surface area contributed by atoms with E-state index in [0.29, 0.717) is 11.4 Å². The molecule has 26 heavy (non-hydrogen) atoms. The zero-order valence-corrected chi connectivity index (χ0v) is 16.3. The van der Waals surface area contributed by atoms with Crippen LogP contribution in [-0.2, 0) is 4.79 Å². The number of hydrogen-bond acceptors (Lipinski definition) is 4. The van der Waals surface area contributed by atoms with Gasteiger partial charge in [0.05, 0.1) is 5.69 Å². The summed E-state index contributed by atoms with van der Waals surface area (Å²) < 4.78 is 0. The summed E-state index contributed by atoms with van der Waals surface area (Å²) in [5.74, 6) is 1.09. The van der Waals surface area contributed by atoms with E-state index in [1.165, 1.54) is 0 Å². The van der Waals surface area contributed by atoms with Gasteiger partial charge < -0.3 is 9.80 Å². The average Bonchev–Trinajstić information content (AvgIpc) is 2.61. The smallest absolute Gasteiger partial charge is 0.223 e. The molecule has 0 radical (unpaired) electrons. The third kappa shape index (κ3) is 4.73. The maximum Gasteiger partial charge on any atom is 0.223 e. The van der Waals surface area contributed by atoms with E-state index in [1.54, 1.807) is 0 Å². The van der Waals surface area contributed by atoms with Crippen LogP contribution in [0.2, 0.25) is 5.02 Å². The minimum atomic E-state index is 0.0250. The first kappa shape index (κ1) is 18.6. The van der Waals surface area contributed by atoms with E-state index < -0.39 is 0 Å². The van der Waals surface area contributed by atoms with Crippen LogP contribution in [0.4, 0.5) is 5.82 Å². The normalized spacial score (nSPS) is 15.2. The molecule has 3 rings (SSSR count). The van der Waals surface area contributed by atoms with Crippen molar-refractivity contribution in [1.29, 1.82) is 0 Å². The van der Waals surface area contributed by atoms with Crippen molar-refractivity contribution in [2.75, 3.05) is 31.1 Å². The fourth-order valence-electron chi connectivity index (χ4n) is 3.02. The lowest BCUT2D eigenvalue weighted by Crippen LogP contribution is -2.49. The van der Waals surface area contributed by atoms with Crippen LogP contribution >= 0.6 is 11.6 Å². The molecule has 5 nitrogen and oxygen atoms in total. The van der Waals surface area contributed by atoms with Crippen LogP contribution in [0.3, 0.4) is 0 Å². The molecule has 2 aromatic rings. The van der Waals surface area contributed by atoms with E-state index in [2.05, 4.69) is 35.9 Å². The molecule has 2 heterocycles. The summed E-state index contributed by atoms with van der Waals surface area (Å²) >= 11 is 5.92. The Hall–Kier alpha value is -2.14. The number of carbonyl (C=O) groups excluding carboxylic acids is 1. The number of amides is 1. The summed E-state index contributed by atoms with van der Waals surface area (Å²) in [6.45, 7) is 9.32. The molecule has 138 valence electrons. The molecule has 1 aliphatic heterocycles. The molecule has 0 saturated carbocycles. The van der Waals surface area contributed by atoms with E-state index in [4.69, 9.17) is 11.6 Å². The molecule has 1 aliphatic rings. The second-order valence-corrected chi connectivity index (χ2v) is 8.33. The Morgan fingerprint density at radius 2 is 1.65 bits per heavy atom. The maximum atomic E-state index is 12.4. The number of anilines is 1. The number of piperazine rings is 1. The van der Waals surface area contributed by atoms with Crippen molar-refractivity contribution in [3.63, 3.8) is 0 Å². The van der Waals surface area contributed by atoms with E-state index in [-0.39, 0.29) is 11.3 Å². The van der Waals surface area contributed by atoms with Crippen LogP contribution in [-0.4, -0.2) is 47.2 Å². The van der Waals surface area contributed by atoms with Gasteiger partial charge in [-0.3, -0.25) is 4.79 Å². The molecular formula is C20H25ClN4O. The van der Waals surface area contributed by atoms with Gasteiger partial charge in [-0.25, -0.2) is 0 Å². The van der Waals surface area contributed by atoms with Crippen molar-refractivity contribution in [3.05, 3.63) is 41.4 Å². The van der Waals surface area contributed by atoms with Gasteiger partial charge in [0.25, 0.3) is 0 Å². The average molecular weight is 373 g/mol. The lowest BCUT2D eigenvalue weighted by atomic mass is 9.91. The summed E-state index contributed by atoms with van der Waals surface area (Å²) in [6.07, 6.45) is 0.586. The summed E-state index contributed by atoms with van der Waals surface area (Å²) in [7, 11) is 0. The Balaban J connectivity index is 1.59. The van der Waals surface area contributed by atoms with Gasteiger partial charge in [0, 0.05) is 43.2 Å². The monoisotopic (exact) mass is 372 g/mol. The molecule has 0 unspecified atom stereocenters. The molecule has 6 heteroatoms. The molecule has 0 spiro atoms. The molecule has 1 aromatic heterocycles. The van der Waals surface area contributed by atoms with Crippen LogP contribution in [0.25, 0.3) is 11.3 Å². The number of carbonyl (C=O) groups is 1. The summed E-state index contributed by atoms with van der Waals surface area (Å²) in [5.41, 5.74) is 1.84. The van der Waals surface area contributed by atoms with Crippen LogP contribution < -0.4 is 4.90 Å². The Morgan fingerprint density at radius 3 is 2.19 bits per heavy atom. The molecule has 0 N–H and O–H groups in total. The van der Waals surface area contributed by atoms with E-state index in [9.17, 15) is 4.79 Å². The molecule has 0 atom stereocenters. The van der Waals surface area contributed by atoms with Gasteiger partial charge in [-0.1, -0.05) is 44.5 Å². The fourth-order valence-corrected chi connectivity index (χ4v) is 3.14. The zero-order valence-electron chi connectivity index (χ0n) is 15.6. The summed E-state index contributed by atoms with van der Waals surface area (Å²) in [4.78, 5) is 16.5. The Kier molecular flexibility index (Phi) is 5.47. The maximum absolute atomic E-state index is 12.4. The Labute approximate surface area is 160 Å². The molecule has 0 aliphatic carbocycles. The van der Waals surface area contributed by atoms with Crippen LogP contribution in [0.15, 0.2) is 36.4 Å². The molecule has 1 aromatic carbocycles. The van der Waals surface area contributed by atoms with E-state index >= 15 is 0 Å². The minimum absolute atomic E-state index is 0.0250. The second-order valence-electron chi connectivity index (χ2n) is 7.89. The van der Waals surface area contributed by atoms with Crippen molar-refractivity contribution < 1.29 is 4.79 Å². The highest BCUT2D eigenvalue weighted by molar-refractivity contribution is 6.30. The van der Waals surface area contributed by atoms with Crippen LogP contribution in [0, 0.1) is 5.41 Å². The molecule has 1 fully saturated rings. The van der Waals surface area contributed by atoms with E-state index in [1.807, 2.05) is 41.3 Å². The molecule has 1 saturated heterocycles.